The van der Waals surface area contributed by atoms with Crippen LogP contribution in [0.25, 0.3) is 20.8 Å². The van der Waals surface area contributed by atoms with E-state index in [0.717, 1.165) is 37.6 Å². The van der Waals surface area contributed by atoms with Gasteiger partial charge in [0.25, 0.3) is 0 Å². The number of amides is 1. The van der Waals surface area contributed by atoms with Crippen molar-refractivity contribution in [3.63, 3.8) is 0 Å². The summed E-state index contributed by atoms with van der Waals surface area (Å²) in [7, 11) is 0. The number of rotatable bonds is 4. The first-order valence-corrected chi connectivity index (χ1v) is 10.5. The molecule has 0 spiro atoms. The molecule has 0 atom stereocenters. The Labute approximate surface area is 175 Å². The number of hydrogen-bond donors (Lipinski definition) is 1. The number of aryl methyl sites for hydroxylation is 2. The lowest BCUT2D eigenvalue weighted by Gasteiger charge is -2.07. The maximum absolute atomic E-state index is 12.4. The molecule has 0 bridgehead atoms. The molecule has 0 saturated heterocycles. The van der Waals surface area contributed by atoms with Crippen molar-refractivity contribution < 1.29 is 4.79 Å². The van der Waals surface area contributed by atoms with Crippen molar-refractivity contribution in [1.82, 2.24) is 14.8 Å². The van der Waals surface area contributed by atoms with Crippen molar-refractivity contribution in [2.24, 2.45) is 0 Å². The highest BCUT2D eigenvalue weighted by Crippen LogP contribution is 2.31. The molecular formula is C21H19BrN4OS. The molecular weight excluding hydrogens is 436 g/mol. The van der Waals surface area contributed by atoms with Crippen molar-refractivity contribution in [1.29, 1.82) is 0 Å². The summed E-state index contributed by atoms with van der Waals surface area (Å²) >= 11 is 5.16. The molecule has 0 saturated carbocycles. The third-order valence-electron chi connectivity index (χ3n) is 4.55. The number of nitrogens with zero attached hydrogens (tertiary/aromatic N) is 3. The zero-order valence-corrected chi connectivity index (χ0v) is 18.2. The van der Waals surface area contributed by atoms with Gasteiger partial charge in [0, 0.05) is 11.3 Å². The summed E-state index contributed by atoms with van der Waals surface area (Å²) in [4.78, 5) is 17.1. The summed E-state index contributed by atoms with van der Waals surface area (Å²) in [5.74, 6) is -0.110. The van der Waals surface area contributed by atoms with Crippen molar-refractivity contribution >= 4 is 49.1 Å². The Bertz CT molecular complexity index is 1180. The van der Waals surface area contributed by atoms with E-state index in [0.29, 0.717) is 0 Å². The van der Waals surface area contributed by atoms with E-state index in [-0.39, 0.29) is 12.5 Å². The quantitative estimate of drug-likeness (QED) is 0.443. The minimum absolute atomic E-state index is 0.110. The SMILES string of the molecule is Cc1ccc2nc(-c3ccc(NC(=O)Cn4nc(C)c(Br)c4C)cc3)sc2c1. The van der Waals surface area contributed by atoms with Crippen molar-refractivity contribution in [3.05, 3.63) is 63.9 Å². The van der Waals surface area contributed by atoms with Crippen LogP contribution >= 0.6 is 27.3 Å². The van der Waals surface area contributed by atoms with Gasteiger partial charge in [-0.15, -0.1) is 11.3 Å². The van der Waals surface area contributed by atoms with Gasteiger partial charge in [0.1, 0.15) is 11.6 Å². The number of carbonyl (C=O) groups excluding carboxylic acids is 1. The summed E-state index contributed by atoms with van der Waals surface area (Å²) in [5.41, 5.74) is 5.86. The van der Waals surface area contributed by atoms with E-state index in [1.165, 1.54) is 10.3 Å². The van der Waals surface area contributed by atoms with Crippen molar-refractivity contribution in [2.45, 2.75) is 27.3 Å². The van der Waals surface area contributed by atoms with Crippen LogP contribution < -0.4 is 5.32 Å². The minimum Gasteiger partial charge on any atom is -0.324 e. The van der Waals surface area contributed by atoms with Crippen LogP contribution in [-0.4, -0.2) is 20.7 Å². The van der Waals surface area contributed by atoms with Crippen LogP contribution in [-0.2, 0) is 11.3 Å². The van der Waals surface area contributed by atoms with E-state index in [1.807, 2.05) is 38.1 Å². The van der Waals surface area contributed by atoms with Gasteiger partial charge in [0.05, 0.1) is 26.1 Å². The second-order valence-electron chi connectivity index (χ2n) is 6.76. The molecule has 0 aliphatic rings. The molecule has 2 aromatic carbocycles. The van der Waals surface area contributed by atoms with Crippen LogP contribution in [0.1, 0.15) is 17.0 Å². The number of anilines is 1. The first kappa shape index (κ1) is 18.8. The average molecular weight is 455 g/mol. The predicted octanol–water partition coefficient (Wildman–Crippen LogP) is 5.49. The Hall–Kier alpha value is -2.51. The molecule has 142 valence electrons. The maximum Gasteiger partial charge on any atom is 0.246 e. The standard InChI is InChI=1S/C21H19BrN4OS/c1-12-4-9-17-18(10-12)28-21(24-17)15-5-7-16(8-6-15)23-19(27)11-26-14(3)20(22)13(2)25-26/h4-10H,11H2,1-3H3,(H,23,27). The first-order chi connectivity index (χ1) is 13.4. The fraction of sp³-hybridized carbons (Fsp3) is 0.190. The van der Waals surface area contributed by atoms with Gasteiger partial charge >= 0.3 is 0 Å². The van der Waals surface area contributed by atoms with Gasteiger partial charge in [-0.3, -0.25) is 9.48 Å². The zero-order chi connectivity index (χ0) is 19.8. The van der Waals surface area contributed by atoms with Crippen molar-refractivity contribution in [2.75, 3.05) is 5.32 Å². The molecule has 0 radical (unpaired) electrons. The molecule has 0 unspecified atom stereocenters. The van der Waals surface area contributed by atoms with E-state index in [9.17, 15) is 4.79 Å². The maximum atomic E-state index is 12.4. The summed E-state index contributed by atoms with van der Waals surface area (Å²) in [6.45, 7) is 6.11. The number of benzene rings is 2. The number of thiazole rings is 1. The van der Waals surface area contributed by atoms with E-state index < -0.39 is 0 Å². The fourth-order valence-corrected chi connectivity index (χ4v) is 4.37. The van der Waals surface area contributed by atoms with Gasteiger partial charge in [-0.2, -0.15) is 5.10 Å². The molecule has 7 heteroatoms. The summed E-state index contributed by atoms with van der Waals surface area (Å²) in [6.07, 6.45) is 0. The normalized spacial score (nSPS) is 11.1. The third-order valence-corrected chi connectivity index (χ3v) is 6.76. The largest absolute Gasteiger partial charge is 0.324 e. The molecule has 1 N–H and O–H groups in total. The van der Waals surface area contributed by atoms with Gasteiger partial charge in [0.15, 0.2) is 0 Å². The minimum atomic E-state index is -0.110. The molecule has 4 rings (SSSR count). The number of hydrogen-bond acceptors (Lipinski definition) is 4. The molecule has 4 aromatic rings. The fourth-order valence-electron chi connectivity index (χ4n) is 3.02. The summed E-state index contributed by atoms with van der Waals surface area (Å²) < 4.78 is 3.82. The number of halogens is 1. The molecule has 0 aliphatic carbocycles. The van der Waals surface area contributed by atoms with Gasteiger partial charge < -0.3 is 5.32 Å². The second-order valence-corrected chi connectivity index (χ2v) is 8.58. The lowest BCUT2D eigenvalue weighted by molar-refractivity contribution is -0.116. The first-order valence-electron chi connectivity index (χ1n) is 8.87. The highest BCUT2D eigenvalue weighted by molar-refractivity contribution is 9.10. The molecule has 0 fully saturated rings. The Kier molecular flexibility index (Phi) is 5.03. The highest BCUT2D eigenvalue weighted by atomic mass is 79.9. The summed E-state index contributed by atoms with van der Waals surface area (Å²) in [6, 6.07) is 14.1. The summed E-state index contributed by atoms with van der Waals surface area (Å²) in [5, 5.41) is 8.28. The van der Waals surface area contributed by atoms with Gasteiger partial charge in [0.2, 0.25) is 5.91 Å². The molecule has 5 nitrogen and oxygen atoms in total. The number of fused-ring (bicyclic) bond motifs is 1. The number of nitrogens with one attached hydrogen (secondary N) is 1. The van der Waals surface area contributed by atoms with Gasteiger partial charge in [-0.1, -0.05) is 6.07 Å². The zero-order valence-electron chi connectivity index (χ0n) is 15.8. The van der Waals surface area contributed by atoms with Crippen LogP contribution in [0.15, 0.2) is 46.9 Å². The molecule has 1 amide bonds. The van der Waals surface area contributed by atoms with E-state index in [1.54, 1.807) is 16.0 Å². The van der Waals surface area contributed by atoms with Crippen LogP contribution in [0, 0.1) is 20.8 Å². The number of aromatic nitrogens is 3. The molecule has 0 aliphatic heterocycles. The molecule has 28 heavy (non-hydrogen) atoms. The second kappa shape index (κ2) is 7.48. The Morgan fingerprint density at radius 2 is 1.89 bits per heavy atom. The van der Waals surface area contributed by atoms with Crippen LogP contribution in [0.2, 0.25) is 0 Å². The highest BCUT2D eigenvalue weighted by Gasteiger charge is 2.12. The lowest BCUT2D eigenvalue weighted by Crippen LogP contribution is -2.20. The van der Waals surface area contributed by atoms with E-state index >= 15 is 0 Å². The smallest absolute Gasteiger partial charge is 0.246 e. The average Bonchev–Trinajstić information content (AvgIpc) is 3.19. The van der Waals surface area contributed by atoms with E-state index in [2.05, 4.69) is 51.5 Å². The molecule has 2 heterocycles. The Morgan fingerprint density at radius 1 is 1.14 bits per heavy atom. The van der Waals surface area contributed by atoms with Crippen LogP contribution in [0.4, 0.5) is 5.69 Å². The topological polar surface area (TPSA) is 59.8 Å². The van der Waals surface area contributed by atoms with Gasteiger partial charge in [-0.05, 0) is 78.7 Å². The lowest BCUT2D eigenvalue weighted by atomic mass is 10.2. The monoisotopic (exact) mass is 454 g/mol. The van der Waals surface area contributed by atoms with Gasteiger partial charge in [-0.25, -0.2) is 4.98 Å². The van der Waals surface area contributed by atoms with Crippen LogP contribution in [0.5, 0.6) is 0 Å². The number of carbonyl (C=O) groups is 1. The Balaban J connectivity index is 1.48. The molecule has 2 aromatic heterocycles. The van der Waals surface area contributed by atoms with E-state index in [4.69, 9.17) is 4.98 Å². The third kappa shape index (κ3) is 3.72. The van der Waals surface area contributed by atoms with Crippen LogP contribution in [0.3, 0.4) is 0 Å². The van der Waals surface area contributed by atoms with Crippen molar-refractivity contribution in [3.8, 4) is 10.6 Å². The predicted molar refractivity (Wildman–Crippen MR) is 118 cm³/mol. The Morgan fingerprint density at radius 3 is 2.57 bits per heavy atom.